The summed E-state index contributed by atoms with van der Waals surface area (Å²) in [5.41, 5.74) is 0.861. The van der Waals surface area contributed by atoms with Crippen molar-refractivity contribution in [3.8, 4) is 5.88 Å². The molecule has 0 bridgehead atoms. The molecule has 1 aromatic rings. The van der Waals surface area contributed by atoms with Crippen molar-refractivity contribution >= 4 is 10.0 Å². The van der Waals surface area contributed by atoms with E-state index in [1.807, 2.05) is 19.9 Å². The molecule has 134 valence electrons. The molecule has 1 aliphatic carbocycles. The molecule has 2 fully saturated rings. The minimum Gasteiger partial charge on any atom is -0.473 e. The van der Waals surface area contributed by atoms with Crippen molar-refractivity contribution in [2.45, 2.75) is 70.1 Å². The van der Waals surface area contributed by atoms with Crippen LogP contribution in [0.25, 0.3) is 0 Å². The average molecular weight is 353 g/mol. The molecule has 6 nitrogen and oxygen atoms in total. The van der Waals surface area contributed by atoms with Gasteiger partial charge in [-0.2, -0.15) is 9.29 Å². The first kappa shape index (κ1) is 17.6. The Morgan fingerprint density at radius 3 is 2.54 bits per heavy atom. The van der Waals surface area contributed by atoms with Gasteiger partial charge in [0.15, 0.2) is 0 Å². The van der Waals surface area contributed by atoms with Crippen LogP contribution in [0.3, 0.4) is 0 Å². The van der Waals surface area contributed by atoms with Gasteiger partial charge in [-0.15, -0.1) is 0 Å². The maximum absolute atomic E-state index is 12.9. The number of aromatic nitrogens is 2. The van der Waals surface area contributed by atoms with E-state index in [1.165, 1.54) is 0 Å². The van der Waals surface area contributed by atoms with Crippen LogP contribution in [0.1, 0.15) is 56.5 Å². The van der Waals surface area contributed by atoms with Crippen molar-refractivity contribution in [2.75, 3.05) is 13.1 Å². The lowest BCUT2D eigenvalue weighted by molar-refractivity contribution is 0.123. The highest BCUT2D eigenvalue weighted by Gasteiger charge is 2.36. The van der Waals surface area contributed by atoms with E-state index in [4.69, 9.17) is 4.74 Å². The smallest absolute Gasteiger partial charge is 0.217 e. The van der Waals surface area contributed by atoms with Crippen molar-refractivity contribution in [2.24, 2.45) is 0 Å². The lowest BCUT2D eigenvalue weighted by Crippen LogP contribution is -2.48. The summed E-state index contributed by atoms with van der Waals surface area (Å²) in [6.45, 7) is 4.78. The normalized spacial score (nSPS) is 24.0. The van der Waals surface area contributed by atoms with Crippen LogP contribution in [-0.2, 0) is 10.0 Å². The van der Waals surface area contributed by atoms with Gasteiger partial charge in [0.25, 0.3) is 0 Å². The van der Waals surface area contributed by atoms with Gasteiger partial charge in [0.1, 0.15) is 11.9 Å². The van der Waals surface area contributed by atoms with E-state index in [1.54, 1.807) is 4.31 Å². The van der Waals surface area contributed by atoms with E-state index < -0.39 is 10.0 Å². The molecule has 24 heavy (non-hydrogen) atoms. The average Bonchev–Trinajstić information content (AvgIpc) is 2.55. The topological polar surface area (TPSA) is 72.4 Å². The van der Waals surface area contributed by atoms with Gasteiger partial charge >= 0.3 is 0 Å². The maximum atomic E-state index is 12.9. The van der Waals surface area contributed by atoms with Crippen molar-refractivity contribution in [1.29, 1.82) is 0 Å². The summed E-state index contributed by atoms with van der Waals surface area (Å²) in [5, 5.41) is -0.200. The minimum atomic E-state index is -3.21. The van der Waals surface area contributed by atoms with Gasteiger partial charge in [0.05, 0.1) is 11.8 Å². The zero-order chi connectivity index (χ0) is 17.2. The predicted molar refractivity (Wildman–Crippen MR) is 92.5 cm³/mol. The second kappa shape index (κ2) is 7.35. The molecule has 2 heterocycles. The second-order valence-corrected chi connectivity index (χ2v) is 9.15. The first-order chi connectivity index (χ1) is 11.4. The molecular formula is C17H27N3O3S. The Morgan fingerprint density at radius 1 is 1.08 bits per heavy atom. The number of nitrogens with zero attached hydrogens (tertiary/aromatic N) is 3. The number of aryl methyl sites for hydroxylation is 2. The van der Waals surface area contributed by atoms with Gasteiger partial charge in [0.2, 0.25) is 15.9 Å². The fourth-order valence-corrected chi connectivity index (χ4v) is 5.83. The van der Waals surface area contributed by atoms with Crippen LogP contribution in [-0.4, -0.2) is 47.1 Å². The van der Waals surface area contributed by atoms with Crippen molar-refractivity contribution < 1.29 is 13.2 Å². The zero-order valence-corrected chi connectivity index (χ0v) is 15.4. The Bertz CT molecular complexity index is 651. The van der Waals surface area contributed by atoms with Crippen molar-refractivity contribution in [1.82, 2.24) is 14.3 Å². The van der Waals surface area contributed by atoms with Gasteiger partial charge < -0.3 is 4.74 Å². The predicted octanol–water partition coefficient (Wildman–Crippen LogP) is 2.60. The molecule has 3 rings (SSSR count). The quantitative estimate of drug-likeness (QED) is 0.832. The van der Waals surface area contributed by atoms with Gasteiger partial charge in [-0.25, -0.2) is 13.4 Å². The summed E-state index contributed by atoms with van der Waals surface area (Å²) in [5.74, 6) is 1.22. The molecule has 1 unspecified atom stereocenters. The highest BCUT2D eigenvalue weighted by molar-refractivity contribution is 7.89. The van der Waals surface area contributed by atoms with Crippen LogP contribution >= 0.6 is 0 Å². The van der Waals surface area contributed by atoms with Crippen LogP contribution in [0.2, 0.25) is 0 Å². The summed E-state index contributed by atoms with van der Waals surface area (Å²) in [6, 6.07) is 1.81. The number of hydrogen-bond donors (Lipinski definition) is 0. The fourth-order valence-electron chi connectivity index (χ4n) is 3.72. The van der Waals surface area contributed by atoms with Gasteiger partial charge in [-0.1, -0.05) is 19.3 Å². The van der Waals surface area contributed by atoms with E-state index in [-0.39, 0.29) is 11.4 Å². The third-order valence-electron chi connectivity index (χ3n) is 4.90. The van der Waals surface area contributed by atoms with Crippen LogP contribution < -0.4 is 4.74 Å². The molecule has 0 amide bonds. The van der Waals surface area contributed by atoms with Crippen LogP contribution in [0.15, 0.2) is 6.07 Å². The van der Waals surface area contributed by atoms with E-state index in [0.717, 1.165) is 50.6 Å². The number of sulfonamides is 1. The molecule has 0 radical (unpaired) electrons. The summed E-state index contributed by atoms with van der Waals surface area (Å²) in [6.07, 6.45) is 6.37. The standard InChI is InChI=1S/C17H27N3O3S/c1-13-11-17(19-14(2)18-13)23-15-7-6-10-20(12-15)24(21,22)16-8-4-3-5-9-16/h11,15-16H,3-10,12H2,1-2H3. The SMILES string of the molecule is Cc1cc(OC2CCCN(S(=O)(=O)C3CCCCC3)C2)nc(C)n1. The first-order valence-corrected chi connectivity index (χ1v) is 10.4. The molecule has 0 N–H and O–H groups in total. The van der Waals surface area contributed by atoms with E-state index >= 15 is 0 Å². The minimum absolute atomic E-state index is 0.134. The molecule has 1 saturated heterocycles. The highest BCUT2D eigenvalue weighted by atomic mass is 32.2. The molecule has 1 atom stereocenters. The molecule has 1 aromatic heterocycles. The Kier molecular flexibility index (Phi) is 5.39. The van der Waals surface area contributed by atoms with Gasteiger partial charge in [-0.3, -0.25) is 0 Å². The Morgan fingerprint density at radius 2 is 1.83 bits per heavy atom. The molecular weight excluding hydrogens is 326 g/mol. The summed E-state index contributed by atoms with van der Waals surface area (Å²) < 4.78 is 33.4. The number of rotatable bonds is 4. The lowest BCUT2D eigenvalue weighted by Gasteiger charge is -2.35. The Labute approximate surface area is 144 Å². The molecule has 1 saturated carbocycles. The third kappa shape index (κ3) is 4.06. The van der Waals surface area contributed by atoms with Crippen LogP contribution in [0.5, 0.6) is 5.88 Å². The number of hydrogen-bond acceptors (Lipinski definition) is 5. The third-order valence-corrected chi connectivity index (χ3v) is 7.27. The lowest BCUT2D eigenvalue weighted by atomic mass is 10.0. The van der Waals surface area contributed by atoms with Gasteiger partial charge in [-0.05, 0) is 39.5 Å². The van der Waals surface area contributed by atoms with Crippen LogP contribution in [0, 0.1) is 13.8 Å². The zero-order valence-electron chi connectivity index (χ0n) is 14.6. The number of piperidine rings is 1. The Balaban J connectivity index is 1.67. The van der Waals surface area contributed by atoms with E-state index in [9.17, 15) is 8.42 Å². The molecule has 0 spiro atoms. The molecule has 2 aliphatic rings. The van der Waals surface area contributed by atoms with Gasteiger partial charge in [0, 0.05) is 18.3 Å². The van der Waals surface area contributed by atoms with E-state index in [0.29, 0.717) is 24.8 Å². The summed E-state index contributed by atoms with van der Waals surface area (Å²) in [4.78, 5) is 8.55. The van der Waals surface area contributed by atoms with Crippen molar-refractivity contribution in [3.05, 3.63) is 17.6 Å². The van der Waals surface area contributed by atoms with Crippen molar-refractivity contribution in [3.63, 3.8) is 0 Å². The maximum Gasteiger partial charge on any atom is 0.217 e. The fraction of sp³-hybridized carbons (Fsp3) is 0.765. The summed E-state index contributed by atoms with van der Waals surface area (Å²) >= 11 is 0. The van der Waals surface area contributed by atoms with E-state index in [2.05, 4.69) is 9.97 Å². The Hall–Kier alpha value is -1.21. The largest absolute Gasteiger partial charge is 0.473 e. The molecule has 1 aliphatic heterocycles. The number of ether oxygens (including phenoxy) is 1. The second-order valence-electron chi connectivity index (χ2n) is 6.94. The van der Waals surface area contributed by atoms with Crippen LogP contribution in [0.4, 0.5) is 0 Å². The highest BCUT2D eigenvalue weighted by Crippen LogP contribution is 2.28. The molecule has 0 aromatic carbocycles. The first-order valence-electron chi connectivity index (χ1n) is 8.93. The molecule has 7 heteroatoms. The summed E-state index contributed by atoms with van der Waals surface area (Å²) in [7, 11) is -3.21. The monoisotopic (exact) mass is 353 g/mol.